The molecule has 8 nitrogen and oxygen atoms in total. The van der Waals surface area contributed by atoms with Gasteiger partial charge in [0.25, 0.3) is 11.8 Å². The Kier molecular flexibility index (Phi) is 9.47. The average molecular weight is 555 g/mol. The molecule has 1 aliphatic heterocycles. The lowest BCUT2D eigenvalue weighted by atomic mass is 9.84. The van der Waals surface area contributed by atoms with Crippen LogP contribution in [0.25, 0.3) is 0 Å². The van der Waals surface area contributed by atoms with Crippen LogP contribution in [0.15, 0.2) is 29.3 Å². The van der Waals surface area contributed by atoms with Gasteiger partial charge in [-0.2, -0.15) is 0 Å². The summed E-state index contributed by atoms with van der Waals surface area (Å²) in [5.74, 6) is 0.421. The van der Waals surface area contributed by atoms with E-state index in [0.29, 0.717) is 43.1 Å². The molecular formula is C23H34IN5O3. The topological polar surface area (TPSA) is 94.1 Å². The van der Waals surface area contributed by atoms with E-state index < -0.39 is 0 Å². The summed E-state index contributed by atoms with van der Waals surface area (Å²) in [7, 11) is 5.33. The zero-order valence-electron chi connectivity index (χ0n) is 19.1. The SMILES string of the molecule is CN=C(NCCCCN1C(=O)c2ccccc2C1=O)NCC1(C(=O)N(C)C)CCCC1.I. The molecule has 1 saturated carbocycles. The zero-order valence-corrected chi connectivity index (χ0v) is 21.5. The number of hydrogen-bond acceptors (Lipinski definition) is 4. The molecule has 0 atom stereocenters. The van der Waals surface area contributed by atoms with Crippen LogP contribution in [0.5, 0.6) is 0 Å². The second-order valence-electron chi connectivity index (χ2n) is 8.55. The summed E-state index contributed by atoms with van der Waals surface area (Å²) in [5, 5.41) is 6.59. The quantitative estimate of drug-likeness (QED) is 0.169. The number of rotatable bonds is 8. The predicted octanol–water partition coefficient (Wildman–Crippen LogP) is 2.49. The second-order valence-corrected chi connectivity index (χ2v) is 8.55. The Morgan fingerprint density at radius 2 is 1.66 bits per heavy atom. The number of unbranched alkanes of at least 4 members (excludes halogenated alkanes) is 1. The fourth-order valence-electron chi connectivity index (χ4n) is 4.51. The van der Waals surface area contributed by atoms with E-state index in [4.69, 9.17) is 0 Å². The van der Waals surface area contributed by atoms with E-state index in [-0.39, 0.29) is 47.1 Å². The monoisotopic (exact) mass is 555 g/mol. The molecule has 176 valence electrons. The normalized spacial score (nSPS) is 17.1. The van der Waals surface area contributed by atoms with Gasteiger partial charge in [-0.25, -0.2) is 0 Å². The fraction of sp³-hybridized carbons (Fsp3) is 0.565. The van der Waals surface area contributed by atoms with Gasteiger partial charge in [0.05, 0.1) is 16.5 Å². The van der Waals surface area contributed by atoms with Gasteiger partial charge in [-0.05, 0) is 37.8 Å². The highest BCUT2D eigenvalue weighted by Gasteiger charge is 2.42. The number of hydrogen-bond donors (Lipinski definition) is 2. The molecule has 1 fully saturated rings. The average Bonchev–Trinajstić information content (AvgIpc) is 3.35. The lowest BCUT2D eigenvalue weighted by molar-refractivity contribution is -0.138. The Hall–Kier alpha value is -2.17. The molecular weight excluding hydrogens is 521 g/mol. The number of aliphatic imine (C=N–C) groups is 1. The minimum atomic E-state index is -0.355. The van der Waals surface area contributed by atoms with Crippen LogP contribution in [-0.2, 0) is 4.79 Å². The Morgan fingerprint density at radius 1 is 1.06 bits per heavy atom. The van der Waals surface area contributed by atoms with Crippen molar-refractivity contribution in [1.29, 1.82) is 0 Å². The summed E-state index contributed by atoms with van der Waals surface area (Å²) in [6, 6.07) is 6.95. The minimum Gasteiger partial charge on any atom is -0.356 e. The Labute approximate surface area is 207 Å². The molecule has 0 unspecified atom stereocenters. The molecule has 0 saturated heterocycles. The largest absolute Gasteiger partial charge is 0.356 e. The van der Waals surface area contributed by atoms with Crippen molar-refractivity contribution < 1.29 is 14.4 Å². The first kappa shape index (κ1) is 26.1. The highest BCUT2D eigenvalue weighted by Crippen LogP contribution is 2.38. The molecule has 2 aliphatic rings. The van der Waals surface area contributed by atoms with Gasteiger partial charge in [-0.3, -0.25) is 24.3 Å². The van der Waals surface area contributed by atoms with Crippen LogP contribution in [0.2, 0.25) is 0 Å². The van der Waals surface area contributed by atoms with Crippen molar-refractivity contribution in [2.45, 2.75) is 38.5 Å². The van der Waals surface area contributed by atoms with Crippen molar-refractivity contribution in [2.75, 3.05) is 40.8 Å². The maximum atomic E-state index is 12.7. The smallest absolute Gasteiger partial charge is 0.261 e. The van der Waals surface area contributed by atoms with Crippen LogP contribution in [0.3, 0.4) is 0 Å². The third-order valence-corrected chi connectivity index (χ3v) is 6.22. The number of imide groups is 1. The van der Waals surface area contributed by atoms with Crippen LogP contribution in [-0.4, -0.2) is 74.3 Å². The molecule has 0 radical (unpaired) electrons. The Balaban J connectivity index is 0.00000363. The highest BCUT2D eigenvalue weighted by molar-refractivity contribution is 14.0. The van der Waals surface area contributed by atoms with E-state index in [2.05, 4.69) is 15.6 Å². The number of carbonyl (C=O) groups excluding carboxylic acids is 3. The predicted molar refractivity (Wildman–Crippen MR) is 135 cm³/mol. The maximum absolute atomic E-state index is 12.7. The summed E-state index contributed by atoms with van der Waals surface area (Å²) < 4.78 is 0. The molecule has 1 heterocycles. The molecule has 2 N–H and O–H groups in total. The number of guanidine groups is 1. The number of nitrogens with zero attached hydrogens (tertiary/aromatic N) is 3. The Bertz CT molecular complexity index is 830. The molecule has 1 aromatic carbocycles. The summed E-state index contributed by atoms with van der Waals surface area (Å²) in [6.07, 6.45) is 5.44. The van der Waals surface area contributed by atoms with Crippen LogP contribution in [0, 0.1) is 5.41 Å². The van der Waals surface area contributed by atoms with Gasteiger partial charge < -0.3 is 15.5 Å². The molecule has 0 spiro atoms. The lowest BCUT2D eigenvalue weighted by Crippen LogP contribution is -2.49. The van der Waals surface area contributed by atoms with Gasteiger partial charge in [0, 0.05) is 40.8 Å². The first-order valence-electron chi connectivity index (χ1n) is 11.0. The van der Waals surface area contributed by atoms with Crippen LogP contribution >= 0.6 is 24.0 Å². The lowest BCUT2D eigenvalue weighted by Gasteiger charge is -2.31. The van der Waals surface area contributed by atoms with E-state index in [1.807, 2.05) is 14.1 Å². The van der Waals surface area contributed by atoms with Crippen LogP contribution in [0.1, 0.15) is 59.2 Å². The van der Waals surface area contributed by atoms with E-state index in [0.717, 1.165) is 32.1 Å². The number of carbonyl (C=O) groups is 3. The number of fused-ring (bicyclic) bond motifs is 1. The van der Waals surface area contributed by atoms with Gasteiger partial charge in [0.1, 0.15) is 0 Å². The number of amides is 3. The summed E-state index contributed by atoms with van der Waals surface area (Å²) in [4.78, 5) is 44.8. The highest BCUT2D eigenvalue weighted by atomic mass is 127. The molecule has 0 bridgehead atoms. The first-order valence-corrected chi connectivity index (χ1v) is 11.0. The zero-order chi connectivity index (χ0) is 22.4. The molecule has 3 amide bonds. The summed E-state index contributed by atoms with van der Waals surface area (Å²) >= 11 is 0. The van der Waals surface area contributed by atoms with Crippen LogP contribution in [0.4, 0.5) is 0 Å². The van der Waals surface area contributed by atoms with E-state index in [1.54, 1.807) is 36.2 Å². The molecule has 9 heteroatoms. The van der Waals surface area contributed by atoms with Gasteiger partial charge in [0.15, 0.2) is 5.96 Å². The van der Waals surface area contributed by atoms with E-state index in [1.165, 1.54) is 4.90 Å². The van der Waals surface area contributed by atoms with Crippen LogP contribution < -0.4 is 10.6 Å². The molecule has 0 aromatic heterocycles. The second kappa shape index (κ2) is 11.6. The van der Waals surface area contributed by atoms with Crippen molar-refractivity contribution in [3.63, 3.8) is 0 Å². The van der Waals surface area contributed by atoms with Crippen molar-refractivity contribution >= 4 is 47.7 Å². The van der Waals surface area contributed by atoms with E-state index in [9.17, 15) is 14.4 Å². The number of benzene rings is 1. The molecule has 1 aliphatic carbocycles. The van der Waals surface area contributed by atoms with Gasteiger partial charge in [-0.1, -0.05) is 25.0 Å². The van der Waals surface area contributed by atoms with Gasteiger partial charge >= 0.3 is 0 Å². The standard InChI is InChI=1S/C23H33N5O3.HI/c1-24-22(26-16-23(12-6-7-13-23)21(31)27(2)3)25-14-8-9-15-28-19(29)17-10-4-5-11-18(17)20(28)30;/h4-5,10-11H,6-9,12-16H2,1-3H3,(H2,24,25,26);1H. The van der Waals surface area contributed by atoms with Crippen molar-refractivity contribution in [3.8, 4) is 0 Å². The summed E-state index contributed by atoms with van der Waals surface area (Å²) in [6.45, 7) is 1.64. The fourth-order valence-corrected chi connectivity index (χ4v) is 4.51. The molecule has 32 heavy (non-hydrogen) atoms. The van der Waals surface area contributed by atoms with Gasteiger partial charge in [0.2, 0.25) is 5.91 Å². The van der Waals surface area contributed by atoms with Crippen molar-refractivity contribution in [1.82, 2.24) is 20.4 Å². The van der Waals surface area contributed by atoms with Gasteiger partial charge in [-0.15, -0.1) is 24.0 Å². The third-order valence-electron chi connectivity index (χ3n) is 6.22. The minimum absolute atomic E-state index is 0. The summed E-state index contributed by atoms with van der Waals surface area (Å²) in [5.41, 5.74) is 0.624. The first-order chi connectivity index (χ1) is 14.9. The van der Waals surface area contributed by atoms with E-state index >= 15 is 0 Å². The third kappa shape index (κ3) is 5.60. The van der Waals surface area contributed by atoms with Crippen molar-refractivity contribution in [2.24, 2.45) is 10.4 Å². The maximum Gasteiger partial charge on any atom is 0.261 e. The molecule has 1 aromatic rings. The van der Waals surface area contributed by atoms with Crippen molar-refractivity contribution in [3.05, 3.63) is 35.4 Å². The number of halogens is 1. The Morgan fingerprint density at radius 3 is 2.19 bits per heavy atom. The number of nitrogens with one attached hydrogen (secondary N) is 2. The molecule has 3 rings (SSSR count).